The fourth-order valence-electron chi connectivity index (χ4n) is 1.80. The highest BCUT2D eigenvalue weighted by atomic mass is 79.9. The van der Waals surface area contributed by atoms with E-state index in [-0.39, 0.29) is 5.43 Å². The number of benzene rings is 1. The van der Waals surface area contributed by atoms with Gasteiger partial charge in [0.1, 0.15) is 0 Å². The number of aromatic nitrogens is 1. The lowest BCUT2D eigenvalue weighted by Crippen LogP contribution is -2.11. The van der Waals surface area contributed by atoms with Crippen molar-refractivity contribution in [1.82, 2.24) is 4.57 Å². The lowest BCUT2D eigenvalue weighted by Gasteiger charge is -2.16. The first-order valence-electron chi connectivity index (χ1n) is 5.56. The molecule has 0 aliphatic heterocycles. The second-order valence-electron chi connectivity index (χ2n) is 4.29. The fraction of sp³-hybridized carbons (Fsp3) is 0.214. The van der Waals surface area contributed by atoms with E-state index in [1.165, 1.54) is 0 Å². The van der Waals surface area contributed by atoms with Crippen LogP contribution >= 0.6 is 15.9 Å². The molecule has 1 aromatic heterocycles. The number of hydrogen-bond acceptors (Lipinski definition) is 1. The molecule has 0 atom stereocenters. The van der Waals surface area contributed by atoms with Gasteiger partial charge in [-0.05, 0) is 24.1 Å². The predicted molar refractivity (Wildman–Crippen MR) is 73.8 cm³/mol. The minimum atomic E-state index is 0.0555. The Labute approximate surface area is 109 Å². The second-order valence-corrected chi connectivity index (χ2v) is 5.21. The Morgan fingerprint density at radius 2 is 1.94 bits per heavy atom. The van der Waals surface area contributed by atoms with Crippen LogP contribution < -0.4 is 5.43 Å². The maximum Gasteiger partial charge on any atom is 0.181 e. The van der Waals surface area contributed by atoms with Crippen LogP contribution in [0.1, 0.15) is 25.5 Å². The summed E-state index contributed by atoms with van der Waals surface area (Å²) in [5, 5.41) is 0. The maximum atomic E-state index is 11.4. The molecule has 0 N–H and O–H groups in total. The van der Waals surface area contributed by atoms with E-state index in [0.29, 0.717) is 5.92 Å². The van der Waals surface area contributed by atoms with Crippen LogP contribution in [0.2, 0.25) is 0 Å². The lowest BCUT2D eigenvalue weighted by molar-refractivity contribution is 0.770. The predicted octanol–water partition coefficient (Wildman–Crippen LogP) is 3.72. The third kappa shape index (κ3) is 2.67. The monoisotopic (exact) mass is 291 g/mol. The molecular formula is C14H14BrNO. The Balaban J connectivity index is 2.63. The third-order valence-electron chi connectivity index (χ3n) is 2.63. The summed E-state index contributed by atoms with van der Waals surface area (Å²) in [7, 11) is 0. The van der Waals surface area contributed by atoms with Gasteiger partial charge in [0.2, 0.25) is 0 Å². The molecule has 0 radical (unpaired) electrons. The first-order chi connectivity index (χ1) is 8.08. The van der Waals surface area contributed by atoms with Crippen LogP contribution in [0.5, 0.6) is 0 Å². The molecule has 2 aromatic rings. The number of halogens is 1. The van der Waals surface area contributed by atoms with Crippen LogP contribution in [0.3, 0.4) is 0 Å². The molecule has 0 saturated carbocycles. The van der Waals surface area contributed by atoms with Gasteiger partial charge in [0.25, 0.3) is 0 Å². The van der Waals surface area contributed by atoms with Crippen LogP contribution in [-0.4, -0.2) is 4.57 Å². The maximum absolute atomic E-state index is 11.4. The molecule has 0 fully saturated rings. The van der Waals surface area contributed by atoms with E-state index in [9.17, 15) is 4.79 Å². The minimum absolute atomic E-state index is 0.0555. The smallest absolute Gasteiger partial charge is 0.181 e. The molecule has 0 spiro atoms. The molecule has 2 rings (SSSR count). The minimum Gasteiger partial charge on any atom is -0.320 e. The van der Waals surface area contributed by atoms with Crippen molar-refractivity contribution in [3.8, 4) is 5.69 Å². The van der Waals surface area contributed by atoms with Crippen LogP contribution in [-0.2, 0) is 0 Å². The first kappa shape index (κ1) is 12.1. The van der Waals surface area contributed by atoms with Crippen LogP contribution in [0.25, 0.3) is 5.69 Å². The molecule has 0 saturated heterocycles. The van der Waals surface area contributed by atoms with E-state index < -0.39 is 0 Å². The number of hydrogen-bond donors (Lipinski definition) is 0. The zero-order chi connectivity index (χ0) is 12.4. The summed E-state index contributed by atoms with van der Waals surface area (Å²) in [6.07, 6.45) is 1.83. The summed E-state index contributed by atoms with van der Waals surface area (Å²) < 4.78 is 3.08. The topological polar surface area (TPSA) is 22.0 Å². The Morgan fingerprint density at radius 1 is 1.18 bits per heavy atom. The van der Waals surface area contributed by atoms with Gasteiger partial charge in [-0.3, -0.25) is 4.79 Å². The average molecular weight is 292 g/mol. The van der Waals surface area contributed by atoms with Crippen molar-refractivity contribution >= 4 is 15.9 Å². The zero-order valence-corrected chi connectivity index (χ0v) is 11.4. The molecule has 0 unspecified atom stereocenters. The molecule has 17 heavy (non-hydrogen) atoms. The van der Waals surface area contributed by atoms with E-state index in [2.05, 4.69) is 34.3 Å². The lowest BCUT2D eigenvalue weighted by atomic mass is 10.1. The van der Waals surface area contributed by atoms with E-state index >= 15 is 0 Å². The van der Waals surface area contributed by atoms with Crippen LogP contribution in [0, 0.1) is 0 Å². The van der Waals surface area contributed by atoms with Gasteiger partial charge in [0.15, 0.2) is 5.43 Å². The molecule has 0 bridgehead atoms. The quantitative estimate of drug-likeness (QED) is 0.826. The Hall–Kier alpha value is -1.35. The van der Waals surface area contributed by atoms with Crippen LogP contribution in [0.15, 0.2) is 51.9 Å². The van der Waals surface area contributed by atoms with Crippen molar-refractivity contribution in [2.75, 3.05) is 0 Å². The summed E-state index contributed by atoms with van der Waals surface area (Å²) in [6.45, 7) is 4.17. The van der Waals surface area contributed by atoms with Gasteiger partial charge < -0.3 is 4.57 Å². The number of rotatable bonds is 2. The summed E-state index contributed by atoms with van der Waals surface area (Å²) in [5.41, 5.74) is 2.14. The second kappa shape index (κ2) is 4.88. The van der Waals surface area contributed by atoms with Gasteiger partial charge in [0.05, 0.1) is 0 Å². The normalized spacial score (nSPS) is 10.8. The Bertz CT molecular complexity index is 587. The highest BCUT2D eigenvalue weighted by molar-refractivity contribution is 9.10. The largest absolute Gasteiger partial charge is 0.320 e. The highest BCUT2D eigenvalue weighted by Crippen LogP contribution is 2.20. The number of pyridine rings is 1. The van der Waals surface area contributed by atoms with Gasteiger partial charge in [-0.15, -0.1) is 0 Å². The van der Waals surface area contributed by atoms with Gasteiger partial charge in [-0.25, -0.2) is 0 Å². The average Bonchev–Trinajstić information content (AvgIpc) is 2.28. The van der Waals surface area contributed by atoms with E-state index in [4.69, 9.17) is 0 Å². The highest BCUT2D eigenvalue weighted by Gasteiger charge is 2.07. The van der Waals surface area contributed by atoms with Gasteiger partial charge in [-0.1, -0.05) is 35.8 Å². The van der Waals surface area contributed by atoms with Crippen molar-refractivity contribution in [3.63, 3.8) is 0 Å². The standard InChI is InChI=1S/C14H14BrNO/c1-10(2)14-9-13(17)6-7-16(14)12-5-3-4-11(15)8-12/h3-10H,1-2H3. The van der Waals surface area contributed by atoms with Crippen molar-refractivity contribution in [2.45, 2.75) is 19.8 Å². The Kier molecular flexibility index (Phi) is 3.48. The van der Waals surface area contributed by atoms with Crippen molar-refractivity contribution in [2.24, 2.45) is 0 Å². The van der Waals surface area contributed by atoms with Gasteiger partial charge >= 0.3 is 0 Å². The van der Waals surface area contributed by atoms with Gasteiger partial charge in [0, 0.05) is 34.2 Å². The molecule has 2 nitrogen and oxygen atoms in total. The first-order valence-corrected chi connectivity index (χ1v) is 6.36. The number of nitrogens with zero attached hydrogens (tertiary/aromatic N) is 1. The molecule has 0 amide bonds. The van der Waals surface area contributed by atoms with Crippen molar-refractivity contribution < 1.29 is 0 Å². The molecule has 1 aromatic carbocycles. The zero-order valence-electron chi connectivity index (χ0n) is 9.85. The third-order valence-corrected chi connectivity index (χ3v) is 3.13. The SMILES string of the molecule is CC(C)c1cc(=O)ccn1-c1cccc(Br)c1. The Morgan fingerprint density at radius 3 is 2.59 bits per heavy atom. The van der Waals surface area contributed by atoms with Crippen LogP contribution in [0.4, 0.5) is 0 Å². The van der Waals surface area contributed by atoms with E-state index in [1.807, 2.05) is 30.5 Å². The molecule has 88 valence electrons. The molecule has 1 heterocycles. The summed E-state index contributed by atoms with van der Waals surface area (Å²) in [5.74, 6) is 0.308. The molecule has 0 aliphatic rings. The summed E-state index contributed by atoms with van der Waals surface area (Å²) in [6, 6.07) is 11.3. The van der Waals surface area contributed by atoms with E-state index in [1.54, 1.807) is 12.1 Å². The van der Waals surface area contributed by atoms with E-state index in [0.717, 1.165) is 15.9 Å². The fourth-order valence-corrected chi connectivity index (χ4v) is 2.19. The van der Waals surface area contributed by atoms with Crippen molar-refractivity contribution in [1.29, 1.82) is 0 Å². The summed E-state index contributed by atoms with van der Waals surface area (Å²) >= 11 is 3.46. The van der Waals surface area contributed by atoms with Crippen molar-refractivity contribution in [3.05, 3.63) is 63.0 Å². The molecular weight excluding hydrogens is 278 g/mol. The van der Waals surface area contributed by atoms with Gasteiger partial charge in [-0.2, -0.15) is 0 Å². The molecule has 0 aliphatic carbocycles. The molecule has 3 heteroatoms. The summed E-state index contributed by atoms with van der Waals surface area (Å²) in [4.78, 5) is 11.4.